The molecule has 0 bridgehead atoms. The Hall–Kier alpha value is -0.650. The maximum Gasteiger partial charge on any atom is 0.241 e. The fourth-order valence-corrected chi connectivity index (χ4v) is 1.62. The number of hydrogen-bond acceptors (Lipinski definition) is 3. The van der Waals surface area contributed by atoms with E-state index in [0.717, 1.165) is 6.42 Å². The predicted octanol–water partition coefficient (Wildman–Crippen LogP) is 2.56. The van der Waals surface area contributed by atoms with Crippen molar-refractivity contribution in [1.29, 1.82) is 0 Å². The van der Waals surface area contributed by atoms with Crippen molar-refractivity contribution in [3.8, 4) is 0 Å². The van der Waals surface area contributed by atoms with Crippen molar-refractivity contribution in [2.45, 2.75) is 25.8 Å². The molecule has 0 saturated carbocycles. The second-order valence-corrected chi connectivity index (χ2v) is 4.59. The third-order valence-corrected chi connectivity index (χ3v) is 3.13. The van der Waals surface area contributed by atoms with Crippen LogP contribution in [0, 0.1) is 0 Å². The van der Waals surface area contributed by atoms with Gasteiger partial charge < -0.3 is 11.1 Å². The molecule has 0 spiro atoms. The number of anilines is 1. The van der Waals surface area contributed by atoms with Crippen molar-refractivity contribution >= 4 is 39.1 Å². The van der Waals surface area contributed by atoms with Gasteiger partial charge in [0.05, 0.1) is 22.4 Å². The van der Waals surface area contributed by atoms with Gasteiger partial charge in [0.15, 0.2) is 0 Å². The predicted molar refractivity (Wildman–Crippen MR) is 68.5 cm³/mol. The van der Waals surface area contributed by atoms with Gasteiger partial charge in [-0.15, -0.1) is 0 Å². The second kappa shape index (κ2) is 6.18. The highest BCUT2D eigenvalue weighted by Gasteiger charge is 2.12. The highest BCUT2D eigenvalue weighted by molar-refractivity contribution is 9.10. The third-order valence-electron chi connectivity index (χ3n) is 2.00. The topological polar surface area (TPSA) is 68.0 Å². The van der Waals surface area contributed by atoms with Crippen molar-refractivity contribution in [3.63, 3.8) is 0 Å². The molecule has 1 atom stereocenters. The molecule has 1 heterocycles. The number of amides is 1. The van der Waals surface area contributed by atoms with Gasteiger partial charge in [-0.3, -0.25) is 4.79 Å². The van der Waals surface area contributed by atoms with Gasteiger partial charge in [0.25, 0.3) is 0 Å². The van der Waals surface area contributed by atoms with Crippen LogP contribution in [-0.2, 0) is 4.79 Å². The minimum Gasteiger partial charge on any atom is -0.323 e. The monoisotopic (exact) mass is 305 g/mol. The van der Waals surface area contributed by atoms with E-state index in [0.29, 0.717) is 21.7 Å². The van der Waals surface area contributed by atoms with Crippen LogP contribution in [0.1, 0.15) is 19.8 Å². The van der Waals surface area contributed by atoms with Crippen LogP contribution in [0.15, 0.2) is 16.7 Å². The Morgan fingerprint density at radius 1 is 1.75 bits per heavy atom. The van der Waals surface area contributed by atoms with Gasteiger partial charge in [0, 0.05) is 0 Å². The van der Waals surface area contributed by atoms with Crippen LogP contribution in [-0.4, -0.2) is 16.9 Å². The molecule has 0 fully saturated rings. The van der Waals surface area contributed by atoms with E-state index < -0.39 is 6.04 Å². The Morgan fingerprint density at radius 3 is 3.00 bits per heavy atom. The summed E-state index contributed by atoms with van der Waals surface area (Å²) in [6.45, 7) is 1.98. The summed E-state index contributed by atoms with van der Waals surface area (Å²) in [7, 11) is 0. The molecule has 3 N–H and O–H groups in total. The van der Waals surface area contributed by atoms with Crippen LogP contribution >= 0.6 is 27.5 Å². The number of nitrogens with two attached hydrogens (primary N) is 1. The summed E-state index contributed by atoms with van der Waals surface area (Å²) in [4.78, 5) is 15.5. The number of nitrogens with one attached hydrogen (secondary N) is 1. The van der Waals surface area contributed by atoms with E-state index in [9.17, 15) is 4.79 Å². The molecular weight excluding hydrogens is 293 g/mol. The number of hydrogen-bond donors (Lipinski definition) is 2. The molecule has 0 aliphatic heterocycles. The van der Waals surface area contributed by atoms with Crippen molar-refractivity contribution in [1.82, 2.24) is 4.98 Å². The molecule has 4 nitrogen and oxygen atoms in total. The molecule has 0 unspecified atom stereocenters. The molecule has 1 aromatic rings. The average Bonchev–Trinajstić information content (AvgIpc) is 2.24. The zero-order valence-corrected chi connectivity index (χ0v) is 11.2. The largest absolute Gasteiger partial charge is 0.323 e. The zero-order valence-electron chi connectivity index (χ0n) is 8.84. The summed E-state index contributed by atoms with van der Waals surface area (Å²) in [5.74, 6) is -0.210. The molecule has 0 saturated heterocycles. The number of aromatic nitrogens is 1. The highest BCUT2D eigenvalue weighted by Crippen LogP contribution is 2.22. The zero-order chi connectivity index (χ0) is 12.1. The van der Waals surface area contributed by atoms with E-state index in [-0.39, 0.29) is 5.91 Å². The Labute approximate surface area is 108 Å². The minimum absolute atomic E-state index is 0.210. The minimum atomic E-state index is -0.487. The maximum atomic E-state index is 11.6. The lowest BCUT2D eigenvalue weighted by Gasteiger charge is -2.11. The second-order valence-electron chi connectivity index (χ2n) is 3.38. The first-order chi connectivity index (χ1) is 7.54. The molecule has 0 radical (unpaired) electrons. The molecule has 1 aromatic heterocycles. The van der Waals surface area contributed by atoms with Crippen molar-refractivity contribution < 1.29 is 4.79 Å². The summed E-state index contributed by atoms with van der Waals surface area (Å²) in [6, 6.07) is 1.20. The molecular formula is C10H13BrClN3O. The number of rotatable bonds is 4. The summed E-state index contributed by atoms with van der Waals surface area (Å²) in [5.41, 5.74) is 6.25. The Balaban J connectivity index is 2.66. The molecule has 1 amide bonds. The van der Waals surface area contributed by atoms with E-state index in [4.69, 9.17) is 17.3 Å². The van der Waals surface area contributed by atoms with Crippen molar-refractivity contribution in [2.24, 2.45) is 5.73 Å². The standard InChI is InChI=1S/C10H13BrClN3O/c1-2-3-8(13)10(16)15-6-4-7(11)9(12)14-5-6/h4-5,8H,2-3,13H2,1H3,(H,15,16)/t8-/m1/s1. The fourth-order valence-electron chi connectivity index (χ4n) is 1.17. The Morgan fingerprint density at radius 2 is 2.44 bits per heavy atom. The average molecular weight is 307 g/mol. The van der Waals surface area contributed by atoms with Crippen LogP contribution < -0.4 is 11.1 Å². The van der Waals surface area contributed by atoms with Gasteiger partial charge in [0.2, 0.25) is 5.91 Å². The van der Waals surface area contributed by atoms with Crippen molar-refractivity contribution in [3.05, 3.63) is 21.9 Å². The summed E-state index contributed by atoms with van der Waals surface area (Å²) >= 11 is 8.96. The first-order valence-electron chi connectivity index (χ1n) is 4.92. The van der Waals surface area contributed by atoms with Crippen molar-refractivity contribution in [2.75, 3.05) is 5.32 Å². The van der Waals surface area contributed by atoms with Gasteiger partial charge in [0.1, 0.15) is 5.15 Å². The van der Waals surface area contributed by atoms with Crippen LogP contribution in [0.5, 0.6) is 0 Å². The van der Waals surface area contributed by atoms with E-state index in [2.05, 4.69) is 26.2 Å². The number of carbonyl (C=O) groups is 1. The Bertz CT molecular complexity index is 386. The Kier molecular flexibility index (Phi) is 5.18. The molecule has 0 aliphatic carbocycles. The van der Waals surface area contributed by atoms with E-state index >= 15 is 0 Å². The van der Waals surface area contributed by atoms with Crippen LogP contribution in [0.25, 0.3) is 0 Å². The first-order valence-corrected chi connectivity index (χ1v) is 6.09. The van der Waals surface area contributed by atoms with E-state index in [1.165, 1.54) is 6.20 Å². The highest BCUT2D eigenvalue weighted by atomic mass is 79.9. The van der Waals surface area contributed by atoms with Crippen LogP contribution in [0.2, 0.25) is 5.15 Å². The van der Waals surface area contributed by atoms with E-state index in [1.807, 2.05) is 6.92 Å². The molecule has 6 heteroatoms. The SMILES string of the molecule is CCC[C@@H](N)C(=O)Nc1cnc(Cl)c(Br)c1. The molecule has 1 rings (SSSR count). The quantitative estimate of drug-likeness (QED) is 0.840. The fraction of sp³-hybridized carbons (Fsp3) is 0.400. The maximum absolute atomic E-state index is 11.6. The van der Waals surface area contributed by atoms with Crippen LogP contribution in [0.3, 0.4) is 0 Å². The third kappa shape index (κ3) is 3.73. The van der Waals surface area contributed by atoms with E-state index in [1.54, 1.807) is 6.07 Å². The molecule has 16 heavy (non-hydrogen) atoms. The molecule has 0 aromatic carbocycles. The first kappa shape index (κ1) is 13.4. The van der Waals surface area contributed by atoms with Gasteiger partial charge in [-0.05, 0) is 28.4 Å². The lowest BCUT2D eigenvalue weighted by molar-refractivity contribution is -0.117. The van der Waals surface area contributed by atoms with Gasteiger partial charge >= 0.3 is 0 Å². The number of carbonyl (C=O) groups excluding carboxylic acids is 1. The number of pyridine rings is 1. The summed E-state index contributed by atoms with van der Waals surface area (Å²) in [5, 5.41) is 3.04. The summed E-state index contributed by atoms with van der Waals surface area (Å²) < 4.78 is 0.635. The number of halogens is 2. The number of nitrogens with zero attached hydrogens (tertiary/aromatic N) is 1. The van der Waals surface area contributed by atoms with Gasteiger partial charge in [-0.1, -0.05) is 24.9 Å². The summed E-state index contributed by atoms with van der Waals surface area (Å²) in [6.07, 6.45) is 3.02. The normalized spacial score (nSPS) is 12.2. The van der Waals surface area contributed by atoms with Gasteiger partial charge in [-0.25, -0.2) is 4.98 Å². The lowest BCUT2D eigenvalue weighted by atomic mass is 10.1. The van der Waals surface area contributed by atoms with Crippen LogP contribution in [0.4, 0.5) is 5.69 Å². The van der Waals surface area contributed by atoms with Gasteiger partial charge in [-0.2, -0.15) is 0 Å². The smallest absolute Gasteiger partial charge is 0.241 e. The lowest BCUT2D eigenvalue weighted by Crippen LogP contribution is -2.35. The molecule has 88 valence electrons. The molecule has 0 aliphatic rings.